The van der Waals surface area contributed by atoms with Crippen LogP contribution in [0.1, 0.15) is 39.5 Å². The van der Waals surface area contributed by atoms with Gasteiger partial charge in [0.15, 0.2) is 5.78 Å². The molecule has 0 aromatic carbocycles. The summed E-state index contributed by atoms with van der Waals surface area (Å²) in [5.74, 6) is -0.0781. The van der Waals surface area contributed by atoms with Gasteiger partial charge in [0.1, 0.15) is 6.61 Å². The summed E-state index contributed by atoms with van der Waals surface area (Å²) in [6.45, 7) is 5.05. The predicted octanol–water partition coefficient (Wildman–Crippen LogP) is 2.62. The Kier molecular flexibility index (Phi) is 7.95. The Labute approximate surface area is 109 Å². The molecule has 0 aliphatic heterocycles. The van der Waals surface area contributed by atoms with E-state index in [1.807, 2.05) is 13.8 Å². The van der Waals surface area contributed by atoms with E-state index in [0.717, 1.165) is 25.7 Å². The first kappa shape index (κ1) is 17.8. The highest BCUT2D eigenvalue weighted by Crippen LogP contribution is 2.43. The molecule has 0 heterocycles. The number of unbranched alkanes of at least 4 members (excludes halogenated alkanes) is 2. The molecule has 6 heteroatoms. The monoisotopic (exact) mass is 280 g/mol. The van der Waals surface area contributed by atoms with E-state index in [4.69, 9.17) is 9.63 Å². The molecular formula is C12H25O5P. The Morgan fingerprint density at radius 3 is 2.39 bits per heavy atom. The lowest BCUT2D eigenvalue weighted by atomic mass is 9.83. The van der Waals surface area contributed by atoms with E-state index in [2.05, 4.69) is 4.52 Å². The number of aliphatic hydroxyl groups is 1. The summed E-state index contributed by atoms with van der Waals surface area (Å²) < 4.78 is 21.2. The molecule has 1 atom stereocenters. The summed E-state index contributed by atoms with van der Waals surface area (Å²) in [5.41, 5.74) is -0.497. The molecule has 1 unspecified atom stereocenters. The molecule has 0 aromatic heterocycles. The molecule has 0 bridgehead atoms. The van der Waals surface area contributed by atoms with Gasteiger partial charge in [-0.05, 0) is 12.8 Å². The number of ketones is 1. The molecule has 0 aromatic rings. The Bertz CT molecular complexity index is 301. The summed E-state index contributed by atoms with van der Waals surface area (Å²) in [7, 11) is -1.79. The van der Waals surface area contributed by atoms with E-state index >= 15 is 0 Å². The van der Waals surface area contributed by atoms with Gasteiger partial charge < -0.3 is 14.2 Å². The molecule has 108 valence electrons. The molecular weight excluding hydrogens is 255 g/mol. The first-order valence-electron chi connectivity index (χ1n) is 6.17. The maximum Gasteiger partial charge on any atom is 0.327 e. The van der Waals surface area contributed by atoms with Crippen molar-refractivity contribution in [1.82, 2.24) is 0 Å². The molecule has 5 nitrogen and oxygen atoms in total. The van der Waals surface area contributed by atoms with Crippen molar-refractivity contribution in [1.29, 1.82) is 0 Å². The molecule has 0 amide bonds. The lowest BCUT2D eigenvalue weighted by Crippen LogP contribution is -2.28. The number of hydrogen-bond donors (Lipinski definition) is 1. The van der Waals surface area contributed by atoms with Crippen molar-refractivity contribution < 1.29 is 23.5 Å². The van der Waals surface area contributed by atoms with Gasteiger partial charge in [-0.3, -0.25) is 9.36 Å². The molecule has 0 spiro atoms. The molecule has 0 saturated carbocycles. The van der Waals surface area contributed by atoms with Crippen LogP contribution in [0.5, 0.6) is 0 Å². The zero-order valence-corrected chi connectivity index (χ0v) is 12.7. The van der Waals surface area contributed by atoms with Crippen LogP contribution in [0.3, 0.4) is 0 Å². The fourth-order valence-electron chi connectivity index (χ4n) is 1.42. The van der Waals surface area contributed by atoms with Crippen LogP contribution in [-0.4, -0.2) is 37.9 Å². The summed E-state index contributed by atoms with van der Waals surface area (Å²) in [5, 5.41) is 8.67. The lowest BCUT2D eigenvalue weighted by molar-refractivity contribution is -0.129. The molecule has 0 aliphatic rings. The van der Waals surface area contributed by atoms with Crippen LogP contribution in [0.2, 0.25) is 0 Å². The summed E-state index contributed by atoms with van der Waals surface area (Å²) in [4.78, 5) is 11.9. The van der Waals surface area contributed by atoms with Crippen LogP contribution < -0.4 is 0 Å². The maximum atomic E-state index is 11.9. The normalized spacial score (nSPS) is 15.4. The van der Waals surface area contributed by atoms with Crippen LogP contribution in [0, 0.1) is 5.41 Å². The van der Waals surface area contributed by atoms with Crippen LogP contribution in [0.25, 0.3) is 0 Å². The minimum Gasteiger partial charge on any atom is -0.396 e. The minimum atomic E-state index is -3.09. The number of rotatable bonds is 10. The highest BCUT2D eigenvalue weighted by molar-refractivity contribution is 7.52. The fraction of sp³-hybridized carbons (Fsp3) is 0.917. The number of Topliss-reactive ketones (excluding diaryl/α,β-unsaturated/α-hetero) is 1. The van der Waals surface area contributed by atoms with Crippen molar-refractivity contribution in [2.24, 2.45) is 5.41 Å². The molecule has 18 heavy (non-hydrogen) atoms. The largest absolute Gasteiger partial charge is 0.396 e. The Morgan fingerprint density at radius 2 is 1.89 bits per heavy atom. The highest BCUT2D eigenvalue weighted by atomic mass is 31.2. The van der Waals surface area contributed by atoms with E-state index < -0.39 is 13.0 Å². The second kappa shape index (κ2) is 8.05. The van der Waals surface area contributed by atoms with Gasteiger partial charge in [0.25, 0.3) is 0 Å². The second-order valence-corrected chi connectivity index (χ2v) is 7.23. The third kappa shape index (κ3) is 7.27. The van der Waals surface area contributed by atoms with E-state index in [1.54, 1.807) is 0 Å². The number of aliphatic hydroxyl groups excluding tert-OH is 1. The predicted molar refractivity (Wildman–Crippen MR) is 70.8 cm³/mol. The van der Waals surface area contributed by atoms with Gasteiger partial charge in [0.2, 0.25) is 0 Å². The first-order valence-corrected chi connectivity index (χ1v) is 8.16. The van der Waals surface area contributed by atoms with Gasteiger partial charge in [-0.2, -0.15) is 0 Å². The Hall–Kier alpha value is -0.220. The van der Waals surface area contributed by atoms with Crippen LogP contribution in [0.15, 0.2) is 0 Å². The van der Waals surface area contributed by atoms with Crippen molar-refractivity contribution in [3.8, 4) is 0 Å². The van der Waals surface area contributed by atoms with E-state index in [-0.39, 0.29) is 19.0 Å². The summed E-state index contributed by atoms with van der Waals surface area (Å²) >= 11 is 0. The average Bonchev–Trinajstić information content (AvgIpc) is 2.31. The van der Waals surface area contributed by atoms with Gasteiger partial charge in [-0.1, -0.05) is 26.7 Å². The first-order chi connectivity index (χ1) is 8.25. The SMILES string of the molecule is COP(C)(=O)OCC(=O)C(C)(C)CCCCCO. The smallest absolute Gasteiger partial charge is 0.327 e. The van der Waals surface area contributed by atoms with Crippen molar-refractivity contribution in [2.75, 3.05) is 27.0 Å². The van der Waals surface area contributed by atoms with Crippen LogP contribution >= 0.6 is 7.60 Å². The molecule has 0 rings (SSSR count). The van der Waals surface area contributed by atoms with E-state index in [1.165, 1.54) is 13.8 Å². The van der Waals surface area contributed by atoms with Crippen molar-refractivity contribution >= 4 is 13.4 Å². The molecule has 0 saturated heterocycles. The standard InChI is InChI=1S/C12H25O5P/c1-12(2,8-6-5-7-9-13)11(14)10-17-18(4,15)16-3/h13H,5-10H2,1-4H3. The zero-order valence-electron chi connectivity index (χ0n) is 11.8. The van der Waals surface area contributed by atoms with Gasteiger partial charge in [-0.25, -0.2) is 0 Å². The number of carbonyl (C=O) groups excluding carboxylic acids is 1. The maximum absolute atomic E-state index is 11.9. The topological polar surface area (TPSA) is 72.8 Å². The van der Waals surface area contributed by atoms with Crippen molar-refractivity contribution in [2.45, 2.75) is 39.5 Å². The molecule has 0 fully saturated rings. The van der Waals surface area contributed by atoms with Crippen molar-refractivity contribution in [3.63, 3.8) is 0 Å². The third-order valence-electron chi connectivity index (χ3n) is 2.98. The quantitative estimate of drug-likeness (QED) is 0.492. The summed E-state index contributed by atoms with van der Waals surface area (Å²) in [6.07, 6.45) is 3.27. The number of hydrogen-bond acceptors (Lipinski definition) is 5. The fourth-order valence-corrected chi connectivity index (χ4v) is 1.88. The number of carbonyl (C=O) groups is 1. The molecule has 0 aliphatic carbocycles. The Morgan fingerprint density at radius 1 is 1.28 bits per heavy atom. The lowest BCUT2D eigenvalue weighted by Gasteiger charge is -2.23. The van der Waals surface area contributed by atoms with E-state index in [0.29, 0.717) is 0 Å². The third-order valence-corrected chi connectivity index (χ3v) is 4.24. The van der Waals surface area contributed by atoms with E-state index in [9.17, 15) is 9.36 Å². The minimum absolute atomic E-state index is 0.0781. The molecule has 0 radical (unpaired) electrons. The Balaban J connectivity index is 4.10. The van der Waals surface area contributed by atoms with Gasteiger partial charge >= 0.3 is 7.60 Å². The van der Waals surface area contributed by atoms with Crippen LogP contribution in [-0.2, 0) is 18.4 Å². The van der Waals surface area contributed by atoms with Gasteiger partial charge in [0, 0.05) is 25.8 Å². The van der Waals surface area contributed by atoms with Crippen LogP contribution in [0.4, 0.5) is 0 Å². The van der Waals surface area contributed by atoms with Gasteiger partial charge in [0.05, 0.1) is 0 Å². The highest BCUT2D eigenvalue weighted by Gasteiger charge is 2.28. The second-order valence-electron chi connectivity index (χ2n) is 5.07. The average molecular weight is 280 g/mol. The zero-order chi connectivity index (χ0) is 14.2. The summed E-state index contributed by atoms with van der Waals surface area (Å²) in [6, 6.07) is 0. The molecule has 1 N–H and O–H groups in total. The van der Waals surface area contributed by atoms with Crippen molar-refractivity contribution in [3.05, 3.63) is 0 Å². The van der Waals surface area contributed by atoms with Gasteiger partial charge in [-0.15, -0.1) is 0 Å².